The van der Waals surface area contributed by atoms with Crippen LogP contribution in [0.25, 0.3) is 16.7 Å². The zero-order valence-electron chi connectivity index (χ0n) is 25.8. The summed E-state index contributed by atoms with van der Waals surface area (Å²) < 4.78 is 31.2. The van der Waals surface area contributed by atoms with Gasteiger partial charge in [-0.05, 0) is 71.4 Å². The number of rotatable bonds is 14. The molecule has 0 radical (unpaired) electrons. The number of fused-ring (bicyclic) bond motifs is 2. The average Bonchev–Trinajstić information content (AvgIpc) is 3.01. The number of carbonyl (C=O) groups excluding carboxylic acids is 2. The Kier molecular flexibility index (Phi) is 11.1. The number of hydrogen-bond acceptors (Lipinski definition) is 9. The second-order valence-electron chi connectivity index (χ2n) is 9.40. The predicted octanol–water partition coefficient (Wildman–Crippen LogP) is 4.19. The molecule has 0 aliphatic carbocycles. The van der Waals surface area contributed by atoms with Crippen molar-refractivity contribution < 1.29 is 33.3 Å². The fourth-order valence-electron chi connectivity index (χ4n) is 4.71. The van der Waals surface area contributed by atoms with Crippen molar-refractivity contribution in [2.24, 2.45) is 4.99 Å². The summed E-state index contributed by atoms with van der Waals surface area (Å²) >= 11 is 0. The van der Waals surface area contributed by atoms with Gasteiger partial charge in [0.25, 0.3) is 11.5 Å². The minimum Gasteiger partial charge on any atom is -0.490 e. The summed E-state index contributed by atoms with van der Waals surface area (Å²) in [6.45, 7) is 11.3. The molecule has 0 saturated carbocycles. The van der Waals surface area contributed by atoms with Crippen molar-refractivity contribution in [3.63, 3.8) is 0 Å². The van der Waals surface area contributed by atoms with Crippen molar-refractivity contribution in [1.29, 1.82) is 0 Å². The molecule has 12 nitrogen and oxygen atoms in total. The first-order chi connectivity index (χ1) is 21.4. The summed E-state index contributed by atoms with van der Waals surface area (Å²) in [5, 5.41) is 0.179. The standard InChI is InChI=1S/C32H38N4O8/c1-6-40-17-13-16-36-28-22(31(38)35-15-12-11-14-26(35)33-28)20-23(32(39)44-10-5)29(36)34-30(37)21-18-24(41-7-2)27(43-9-4)25(19-21)42-8-3/h11-12,14-15,18-20H,6-10,13,16-17H2,1-5H3. The summed E-state index contributed by atoms with van der Waals surface area (Å²) in [6.07, 6.45) is 2.10. The van der Waals surface area contributed by atoms with E-state index in [4.69, 9.17) is 28.7 Å². The van der Waals surface area contributed by atoms with E-state index in [1.54, 1.807) is 35.9 Å². The van der Waals surface area contributed by atoms with Crippen LogP contribution in [0.3, 0.4) is 0 Å². The van der Waals surface area contributed by atoms with Crippen LogP contribution >= 0.6 is 0 Å². The molecule has 0 N–H and O–H groups in total. The normalized spacial score (nSPS) is 11.6. The zero-order chi connectivity index (χ0) is 31.6. The molecule has 44 heavy (non-hydrogen) atoms. The van der Waals surface area contributed by atoms with Crippen molar-refractivity contribution in [2.75, 3.05) is 39.6 Å². The van der Waals surface area contributed by atoms with Crippen LogP contribution in [-0.4, -0.2) is 65.5 Å². The van der Waals surface area contributed by atoms with Gasteiger partial charge >= 0.3 is 5.97 Å². The van der Waals surface area contributed by atoms with Gasteiger partial charge in [-0.15, -0.1) is 0 Å². The van der Waals surface area contributed by atoms with Gasteiger partial charge in [-0.2, -0.15) is 4.99 Å². The lowest BCUT2D eigenvalue weighted by atomic mass is 10.1. The number of esters is 1. The molecule has 1 amide bonds. The van der Waals surface area contributed by atoms with Gasteiger partial charge < -0.3 is 28.3 Å². The average molecular weight is 607 g/mol. The molecule has 12 heteroatoms. The summed E-state index contributed by atoms with van der Waals surface area (Å²) in [5.41, 5.74) is 0.423. The van der Waals surface area contributed by atoms with Crippen LogP contribution in [0.1, 0.15) is 61.8 Å². The number of nitrogens with zero attached hydrogens (tertiary/aromatic N) is 4. The van der Waals surface area contributed by atoms with E-state index < -0.39 is 11.9 Å². The second kappa shape index (κ2) is 15.1. The molecule has 3 heterocycles. The maximum absolute atomic E-state index is 13.9. The molecule has 4 aromatic rings. The van der Waals surface area contributed by atoms with E-state index in [1.807, 2.05) is 27.7 Å². The number of aryl methyl sites for hydroxylation is 1. The Bertz CT molecular complexity index is 1750. The van der Waals surface area contributed by atoms with Gasteiger partial charge in [0, 0.05) is 31.5 Å². The molecule has 1 aromatic carbocycles. The Balaban J connectivity index is 2.04. The molecule has 0 atom stereocenters. The van der Waals surface area contributed by atoms with Gasteiger partial charge in [0.2, 0.25) is 5.75 Å². The highest BCUT2D eigenvalue weighted by Crippen LogP contribution is 2.39. The third-order valence-corrected chi connectivity index (χ3v) is 6.52. The van der Waals surface area contributed by atoms with Crippen LogP contribution in [-0.2, 0) is 16.0 Å². The molecule has 4 rings (SSSR count). The molecule has 0 aliphatic heterocycles. The Labute approximate surface area is 254 Å². The smallest absolute Gasteiger partial charge is 0.341 e. The van der Waals surface area contributed by atoms with Crippen LogP contribution in [0.15, 0.2) is 52.4 Å². The molecule has 0 spiro atoms. The van der Waals surface area contributed by atoms with Gasteiger partial charge in [0.05, 0.1) is 31.8 Å². The summed E-state index contributed by atoms with van der Waals surface area (Å²) in [7, 11) is 0. The van der Waals surface area contributed by atoms with Crippen molar-refractivity contribution in [3.05, 3.63) is 69.6 Å². The Morgan fingerprint density at radius 1 is 0.886 bits per heavy atom. The maximum atomic E-state index is 13.9. The van der Waals surface area contributed by atoms with Crippen LogP contribution in [0.5, 0.6) is 17.2 Å². The fourth-order valence-corrected chi connectivity index (χ4v) is 4.71. The van der Waals surface area contributed by atoms with E-state index in [1.165, 1.54) is 22.6 Å². The monoisotopic (exact) mass is 606 g/mol. The molecule has 0 fully saturated rings. The van der Waals surface area contributed by atoms with E-state index >= 15 is 0 Å². The molecule has 0 bridgehead atoms. The van der Waals surface area contributed by atoms with E-state index in [0.717, 1.165) is 0 Å². The number of amides is 1. The molecule has 0 aliphatic rings. The minimum atomic E-state index is -0.728. The molecule has 0 unspecified atom stereocenters. The van der Waals surface area contributed by atoms with Crippen LogP contribution in [0.4, 0.5) is 0 Å². The SMILES string of the molecule is CCOCCCn1c(=NC(=O)c2cc(OCC)c(OCC)c(OCC)c2)c(C(=O)OCC)cc2c(=O)n3ccccc3nc21. The van der Waals surface area contributed by atoms with Crippen molar-refractivity contribution in [1.82, 2.24) is 14.0 Å². The molecular formula is C32H38N4O8. The highest BCUT2D eigenvalue weighted by Gasteiger charge is 2.22. The van der Waals surface area contributed by atoms with Gasteiger partial charge in [-0.3, -0.25) is 14.0 Å². The lowest BCUT2D eigenvalue weighted by molar-refractivity contribution is 0.0523. The van der Waals surface area contributed by atoms with Crippen LogP contribution in [0.2, 0.25) is 0 Å². The third kappa shape index (κ3) is 6.91. The molecule has 3 aromatic heterocycles. The zero-order valence-corrected chi connectivity index (χ0v) is 25.8. The lowest BCUT2D eigenvalue weighted by Crippen LogP contribution is -2.33. The van der Waals surface area contributed by atoms with Gasteiger partial charge in [0.15, 0.2) is 17.0 Å². The Morgan fingerprint density at radius 3 is 2.23 bits per heavy atom. The lowest BCUT2D eigenvalue weighted by Gasteiger charge is -2.17. The number of benzene rings is 1. The highest BCUT2D eigenvalue weighted by atomic mass is 16.5. The number of hydrogen-bond donors (Lipinski definition) is 0. The first-order valence-corrected chi connectivity index (χ1v) is 14.8. The highest BCUT2D eigenvalue weighted by molar-refractivity contribution is 5.98. The predicted molar refractivity (Wildman–Crippen MR) is 164 cm³/mol. The quantitative estimate of drug-likeness (QED) is 0.118. The van der Waals surface area contributed by atoms with Crippen molar-refractivity contribution in [3.8, 4) is 17.2 Å². The van der Waals surface area contributed by atoms with Crippen LogP contribution in [0, 0.1) is 0 Å². The number of pyridine rings is 2. The first kappa shape index (κ1) is 32.2. The van der Waals surface area contributed by atoms with Gasteiger partial charge in [0.1, 0.15) is 16.9 Å². The fraction of sp³-hybridized carbons (Fsp3) is 0.406. The topological polar surface area (TPSA) is 132 Å². The third-order valence-electron chi connectivity index (χ3n) is 6.52. The number of carbonyl (C=O) groups is 2. The largest absolute Gasteiger partial charge is 0.490 e. The molecule has 0 saturated heterocycles. The Hall–Kier alpha value is -4.71. The van der Waals surface area contributed by atoms with Crippen LogP contribution < -0.4 is 25.3 Å². The van der Waals surface area contributed by atoms with E-state index in [0.29, 0.717) is 62.4 Å². The maximum Gasteiger partial charge on any atom is 0.341 e. The molecule has 234 valence electrons. The van der Waals surface area contributed by atoms with E-state index in [9.17, 15) is 14.4 Å². The number of ether oxygens (including phenoxy) is 5. The number of aromatic nitrogens is 3. The summed E-state index contributed by atoms with van der Waals surface area (Å²) in [4.78, 5) is 50.0. The van der Waals surface area contributed by atoms with E-state index in [2.05, 4.69) is 4.99 Å². The molecular weight excluding hydrogens is 568 g/mol. The van der Waals surface area contributed by atoms with Gasteiger partial charge in [-0.1, -0.05) is 6.07 Å². The van der Waals surface area contributed by atoms with Crippen molar-refractivity contribution in [2.45, 2.75) is 47.6 Å². The van der Waals surface area contributed by atoms with Gasteiger partial charge in [-0.25, -0.2) is 9.78 Å². The van der Waals surface area contributed by atoms with E-state index in [-0.39, 0.29) is 46.4 Å². The summed E-state index contributed by atoms with van der Waals surface area (Å²) in [5.74, 6) is -0.361. The second-order valence-corrected chi connectivity index (χ2v) is 9.40. The minimum absolute atomic E-state index is 0.00874. The first-order valence-electron chi connectivity index (χ1n) is 14.8. The van der Waals surface area contributed by atoms with Crippen molar-refractivity contribution >= 4 is 28.6 Å². The Morgan fingerprint density at radius 2 is 1.59 bits per heavy atom. The summed E-state index contributed by atoms with van der Waals surface area (Å²) in [6, 6.07) is 9.65.